The van der Waals surface area contributed by atoms with E-state index in [2.05, 4.69) is 36.4 Å². The molecule has 0 fully saturated rings. The highest BCUT2D eigenvalue weighted by Crippen LogP contribution is 2.36. The summed E-state index contributed by atoms with van der Waals surface area (Å²) in [6.45, 7) is 7.63. The zero-order chi connectivity index (χ0) is 32.6. The molecule has 2 N–H and O–H groups in total. The van der Waals surface area contributed by atoms with Gasteiger partial charge in [0.25, 0.3) is 5.91 Å². The number of hydrogen-bond donors (Lipinski definition) is 2. The summed E-state index contributed by atoms with van der Waals surface area (Å²) in [7, 11) is 0. The summed E-state index contributed by atoms with van der Waals surface area (Å²) in [4.78, 5) is 39.5. The summed E-state index contributed by atoms with van der Waals surface area (Å²) in [5.74, 6) is -0.473. The summed E-state index contributed by atoms with van der Waals surface area (Å²) in [5, 5.41) is 16.6. The van der Waals surface area contributed by atoms with Gasteiger partial charge in [0, 0.05) is 36.0 Å². The molecule has 0 saturated carbocycles. The number of aliphatic carboxylic acids is 1. The first kappa shape index (κ1) is 32.5. The molecule has 0 bridgehead atoms. The highest BCUT2D eigenvalue weighted by atomic mass is 16.5. The lowest BCUT2D eigenvalue weighted by molar-refractivity contribution is -0.139. The van der Waals surface area contributed by atoms with Gasteiger partial charge in [0.2, 0.25) is 5.91 Å². The largest absolute Gasteiger partial charge is 0.493 e. The van der Waals surface area contributed by atoms with Crippen LogP contribution in [-0.4, -0.2) is 51.9 Å². The van der Waals surface area contributed by atoms with Crippen LogP contribution in [0.3, 0.4) is 0 Å². The number of carbonyl (C=O) groups excluding carboxylic acids is 2. The molecule has 2 heterocycles. The van der Waals surface area contributed by atoms with E-state index in [-0.39, 0.29) is 5.91 Å². The van der Waals surface area contributed by atoms with Crippen LogP contribution in [0, 0.1) is 13.8 Å². The van der Waals surface area contributed by atoms with Gasteiger partial charge in [0.05, 0.1) is 19.3 Å². The number of aromatic nitrogens is 2. The third-order valence-corrected chi connectivity index (χ3v) is 8.56. The molecule has 5 rings (SSSR count). The topological polar surface area (TPSA) is 114 Å². The lowest BCUT2D eigenvalue weighted by Gasteiger charge is -2.31. The fourth-order valence-corrected chi connectivity index (χ4v) is 5.95. The van der Waals surface area contributed by atoms with Crippen LogP contribution in [0.5, 0.6) is 5.75 Å². The summed E-state index contributed by atoms with van der Waals surface area (Å²) < 4.78 is 7.80. The molecule has 1 aromatic heterocycles. The van der Waals surface area contributed by atoms with Gasteiger partial charge in [-0.1, -0.05) is 49.7 Å². The summed E-state index contributed by atoms with van der Waals surface area (Å²) >= 11 is 0. The maximum atomic E-state index is 13.3. The molecule has 0 aliphatic carbocycles. The third-order valence-electron chi connectivity index (χ3n) is 8.56. The van der Waals surface area contributed by atoms with E-state index >= 15 is 0 Å². The molecular formula is C37H42N4O5. The SMILES string of the molecule is CCCC(NC(=O)c1cccc(Cn2cc(-c3cccc4c3CCCN4C(=O)CCCOc3cccc(C)c3C)cn2)c1)C(=O)O. The predicted molar refractivity (Wildman–Crippen MR) is 178 cm³/mol. The number of carboxylic acids is 1. The summed E-state index contributed by atoms with van der Waals surface area (Å²) in [6, 6.07) is 18.4. The van der Waals surface area contributed by atoms with Crippen molar-refractivity contribution >= 4 is 23.5 Å². The predicted octanol–water partition coefficient (Wildman–Crippen LogP) is 6.34. The molecule has 46 heavy (non-hydrogen) atoms. The van der Waals surface area contributed by atoms with Gasteiger partial charge in [-0.15, -0.1) is 0 Å². The van der Waals surface area contributed by atoms with Crippen molar-refractivity contribution in [2.75, 3.05) is 18.1 Å². The van der Waals surface area contributed by atoms with Gasteiger partial charge >= 0.3 is 5.97 Å². The van der Waals surface area contributed by atoms with E-state index in [0.717, 1.165) is 52.1 Å². The van der Waals surface area contributed by atoms with E-state index in [1.165, 1.54) is 5.56 Å². The van der Waals surface area contributed by atoms with Crippen molar-refractivity contribution in [2.45, 2.75) is 71.9 Å². The van der Waals surface area contributed by atoms with Crippen LogP contribution in [0.15, 0.2) is 73.1 Å². The average Bonchev–Trinajstić information content (AvgIpc) is 3.52. The van der Waals surface area contributed by atoms with Crippen molar-refractivity contribution in [1.82, 2.24) is 15.1 Å². The monoisotopic (exact) mass is 622 g/mol. The minimum absolute atomic E-state index is 0.103. The Morgan fingerprint density at radius 2 is 1.87 bits per heavy atom. The molecule has 240 valence electrons. The Bertz CT molecular complexity index is 1710. The number of fused-ring (bicyclic) bond motifs is 1. The normalized spacial score (nSPS) is 13.2. The van der Waals surface area contributed by atoms with Crippen molar-refractivity contribution in [3.05, 3.63) is 101 Å². The van der Waals surface area contributed by atoms with Crippen molar-refractivity contribution in [2.24, 2.45) is 0 Å². The standard InChI is InChI=1S/C37H42N4O5/c1-4-10-32(37(44)45)39-36(43)28-13-6-12-27(21-28)23-40-24-29(22-38-40)30-14-7-16-33-31(30)15-8-19-41(33)35(42)18-9-20-46-34-17-5-11-25(2)26(34)3/h5-7,11-14,16-17,21-22,24,32H,4,8-10,15,18-20,23H2,1-3H3,(H,39,43)(H,44,45). The quantitative estimate of drug-likeness (QED) is 0.168. The molecule has 3 aromatic carbocycles. The van der Waals surface area contributed by atoms with Gasteiger partial charge in [-0.2, -0.15) is 5.10 Å². The van der Waals surface area contributed by atoms with Gasteiger partial charge in [-0.05, 0) is 91.6 Å². The number of carboxylic acid groups (broad SMARTS) is 1. The first-order valence-electron chi connectivity index (χ1n) is 16.0. The molecule has 1 unspecified atom stereocenters. The number of benzene rings is 3. The van der Waals surface area contributed by atoms with Crippen LogP contribution in [-0.2, 0) is 22.6 Å². The van der Waals surface area contributed by atoms with Crippen LogP contribution in [0.25, 0.3) is 11.1 Å². The molecule has 0 radical (unpaired) electrons. The number of nitrogens with one attached hydrogen (secondary N) is 1. The lowest BCUT2D eigenvalue weighted by Crippen LogP contribution is -2.40. The van der Waals surface area contributed by atoms with Crippen LogP contribution >= 0.6 is 0 Å². The number of carbonyl (C=O) groups is 3. The van der Waals surface area contributed by atoms with E-state index < -0.39 is 17.9 Å². The molecule has 0 saturated heterocycles. The van der Waals surface area contributed by atoms with E-state index in [1.807, 2.05) is 59.2 Å². The molecule has 9 nitrogen and oxygen atoms in total. The van der Waals surface area contributed by atoms with Gasteiger partial charge < -0.3 is 20.1 Å². The third kappa shape index (κ3) is 7.65. The van der Waals surface area contributed by atoms with Crippen LogP contribution in [0.2, 0.25) is 0 Å². The summed E-state index contributed by atoms with van der Waals surface area (Å²) in [5.41, 5.74) is 7.72. The van der Waals surface area contributed by atoms with Crippen molar-refractivity contribution in [3.8, 4) is 16.9 Å². The lowest BCUT2D eigenvalue weighted by atomic mass is 9.93. The molecule has 2 amide bonds. The Hall–Kier alpha value is -4.92. The van der Waals surface area contributed by atoms with E-state index in [9.17, 15) is 19.5 Å². The number of anilines is 1. The maximum Gasteiger partial charge on any atom is 0.326 e. The maximum absolute atomic E-state index is 13.3. The summed E-state index contributed by atoms with van der Waals surface area (Å²) in [6.07, 6.45) is 7.67. The minimum atomic E-state index is -1.04. The number of ether oxygens (including phenoxy) is 1. The second kappa shape index (κ2) is 14.9. The van der Waals surface area contributed by atoms with Gasteiger partial charge in [0.15, 0.2) is 0 Å². The number of nitrogens with zero attached hydrogens (tertiary/aromatic N) is 3. The second-order valence-electron chi connectivity index (χ2n) is 11.9. The van der Waals surface area contributed by atoms with Crippen LogP contribution < -0.4 is 15.0 Å². The molecular weight excluding hydrogens is 580 g/mol. The Morgan fingerprint density at radius 1 is 1.07 bits per heavy atom. The second-order valence-corrected chi connectivity index (χ2v) is 11.9. The zero-order valence-corrected chi connectivity index (χ0v) is 26.8. The van der Waals surface area contributed by atoms with Gasteiger partial charge in [-0.3, -0.25) is 14.3 Å². The molecule has 1 aliphatic heterocycles. The van der Waals surface area contributed by atoms with Crippen molar-refractivity contribution in [1.29, 1.82) is 0 Å². The van der Waals surface area contributed by atoms with E-state index in [0.29, 0.717) is 50.9 Å². The van der Waals surface area contributed by atoms with Gasteiger partial charge in [0.1, 0.15) is 11.8 Å². The molecule has 0 spiro atoms. The van der Waals surface area contributed by atoms with Crippen molar-refractivity contribution in [3.63, 3.8) is 0 Å². The van der Waals surface area contributed by atoms with Crippen LogP contribution in [0.4, 0.5) is 5.69 Å². The minimum Gasteiger partial charge on any atom is -0.493 e. The highest BCUT2D eigenvalue weighted by Gasteiger charge is 2.25. The average molecular weight is 623 g/mol. The Morgan fingerprint density at radius 3 is 2.67 bits per heavy atom. The van der Waals surface area contributed by atoms with E-state index in [1.54, 1.807) is 18.2 Å². The molecule has 1 aliphatic rings. The fourth-order valence-electron chi connectivity index (χ4n) is 5.95. The van der Waals surface area contributed by atoms with Crippen molar-refractivity contribution < 1.29 is 24.2 Å². The zero-order valence-electron chi connectivity index (χ0n) is 26.8. The van der Waals surface area contributed by atoms with E-state index in [4.69, 9.17) is 4.74 Å². The number of hydrogen-bond acceptors (Lipinski definition) is 5. The number of amides is 2. The Kier molecular flexibility index (Phi) is 10.5. The highest BCUT2D eigenvalue weighted by molar-refractivity contribution is 5.97. The first-order chi connectivity index (χ1) is 22.2. The fraction of sp³-hybridized carbons (Fsp3) is 0.351. The smallest absolute Gasteiger partial charge is 0.326 e. The molecule has 9 heteroatoms. The van der Waals surface area contributed by atoms with Crippen LogP contribution in [0.1, 0.15) is 71.6 Å². The Balaban J connectivity index is 1.23. The first-order valence-corrected chi connectivity index (χ1v) is 16.0. The number of rotatable bonds is 13. The Labute approximate surface area is 270 Å². The van der Waals surface area contributed by atoms with Gasteiger partial charge in [-0.25, -0.2) is 4.79 Å². The number of aryl methyl sites for hydroxylation is 1. The molecule has 4 aromatic rings. The molecule has 1 atom stereocenters.